The van der Waals surface area contributed by atoms with Gasteiger partial charge in [-0.25, -0.2) is 21.6 Å². The van der Waals surface area contributed by atoms with E-state index >= 15 is 0 Å². The molecule has 0 saturated heterocycles. The number of benzene rings is 2. The lowest BCUT2D eigenvalue weighted by molar-refractivity contribution is 0.408. The van der Waals surface area contributed by atoms with E-state index in [-0.39, 0.29) is 21.0 Å². The summed E-state index contributed by atoms with van der Waals surface area (Å²) in [5.41, 5.74) is 0.320. The van der Waals surface area contributed by atoms with Gasteiger partial charge in [0.2, 0.25) is 20.0 Å². The predicted molar refractivity (Wildman–Crippen MR) is 126 cm³/mol. The standard InChI is InChI=1S/C19H21Cl2N5O5S2/c1-4-26-18(12(2)24-33(29,30)15-8-9-16(20)17(21)11-15)22-23-19(26)31-14-7-5-6-13(10-14)25-32(3,27)28/h5-12,24-25H,4H2,1-3H3/t12-/m1/s1. The molecule has 0 spiro atoms. The zero-order valence-corrected chi connectivity index (χ0v) is 20.9. The molecule has 1 atom stereocenters. The molecule has 33 heavy (non-hydrogen) atoms. The number of nitrogens with one attached hydrogen (secondary N) is 2. The van der Waals surface area contributed by atoms with Crippen LogP contribution in [-0.2, 0) is 26.6 Å². The molecule has 0 aliphatic carbocycles. The molecule has 0 amide bonds. The number of anilines is 1. The number of hydrogen-bond acceptors (Lipinski definition) is 7. The summed E-state index contributed by atoms with van der Waals surface area (Å²) >= 11 is 11.8. The summed E-state index contributed by atoms with van der Waals surface area (Å²) in [6, 6.07) is 9.67. The zero-order chi connectivity index (χ0) is 24.4. The maximum atomic E-state index is 12.8. The van der Waals surface area contributed by atoms with Crippen LogP contribution in [-0.4, -0.2) is 37.9 Å². The third-order valence-corrected chi connectivity index (χ3v) is 7.21. The second kappa shape index (κ2) is 9.85. The highest BCUT2D eigenvalue weighted by atomic mass is 35.5. The van der Waals surface area contributed by atoms with Crippen molar-refractivity contribution in [2.75, 3.05) is 11.0 Å². The van der Waals surface area contributed by atoms with Crippen LogP contribution in [0.1, 0.15) is 25.7 Å². The van der Waals surface area contributed by atoms with Crippen molar-refractivity contribution in [3.63, 3.8) is 0 Å². The van der Waals surface area contributed by atoms with Crippen molar-refractivity contribution in [3.05, 3.63) is 58.3 Å². The molecule has 3 rings (SSSR count). The van der Waals surface area contributed by atoms with Gasteiger partial charge in [-0.3, -0.25) is 9.29 Å². The van der Waals surface area contributed by atoms with Gasteiger partial charge in [-0.2, -0.15) is 0 Å². The summed E-state index contributed by atoms with van der Waals surface area (Å²) < 4.78 is 60.7. The van der Waals surface area contributed by atoms with Crippen LogP contribution in [0, 0.1) is 0 Å². The molecule has 3 aromatic rings. The van der Waals surface area contributed by atoms with Gasteiger partial charge in [0.25, 0.3) is 0 Å². The molecule has 14 heteroatoms. The number of nitrogens with zero attached hydrogens (tertiary/aromatic N) is 3. The van der Waals surface area contributed by atoms with Gasteiger partial charge in [0, 0.05) is 12.6 Å². The normalized spacial score (nSPS) is 13.0. The molecule has 0 fully saturated rings. The fourth-order valence-corrected chi connectivity index (χ4v) is 5.08. The average molecular weight is 534 g/mol. The largest absolute Gasteiger partial charge is 0.424 e. The fourth-order valence-electron chi connectivity index (χ4n) is 2.93. The first-order valence-corrected chi connectivity index (χ1v) is 13.7. The molecule has 1 aromatic heterocycles. The van der Waals surface area contributed by atoms with Crippen LogP contribution in [0.4, 0.5) is 5.69 Å². The average Bonchev–Trinajstić information content (AvgIpc) is 3.11. The van der Waals surface area contributed by atoms with Gasteiger partial charge >= 0.3 is 6.01 Å². The Labute approximate surface area is 202 Å². The van der Waals surface area contributed by atoms with Crippen molar-refractivity contribution < 1.29 is 21.6 Å². The molecule has 0 unspecified atom stereocenters. The Bertz CT molecular complexity index is 1380. The summed E-state index contributed by atoms with van der Waals surface area (Å²) in [7, 11) is -7.38. The van der Waals surface area contributed by atoms with Crippen molar-refractivity contribution in [1.82, 2.24) is 19.5 Å². The van der Waals surface area contributed by atoms with Gasteiger partial charge in [0.05, 0.1) is 32.9 Å². The molecule has 1 heterocycles. The maximum Gasteiger partial charge on any atom is 0.322 e. The van der Waals surface area contributed by atoms with Crippen molar-refractivity contribution >= 4 is 48.9 Å². The first-order valence-electron chi connectivity index (χ1n) is 9.56. The third-order valence-electron chi connectivity index (χ3n) is 4.33. The lowest BCUT2D eigenvalue weighted by Crippen LogP contribution is -2.29. The highest BCUT2D eigenvalue weighted by Crippen LogP contribution is 2.28. The summed E-state index contributed by atoms with van der Waals surface area (Å²) in [4.78, 5) is -0.0435. The van der Waals surface area contributed by atoms with Crippen LogP contribution in [0.5, 0.6) is 11.8 Å². The van der Waals surface area contributed by atoms with Crippen molar-refractivity contribution in [1.29, 1.82) is 0 Å². The monoisotopic (exact) mass is 533 g/mol. The molecule has 0 radical (unpaired) electrons. The van der Waals surface area contributed by atoms with Gasteiger partial charge in [0.1, 0.15) is 5.75 Å². The van der Waals surface area contributed by atoms with E-state index in [1.807, 2.05) is 6.92 Å². The Hall–Kier alpha value is -2.38. The minimum absolute atomic E-state index is 0.0435. The Morgan fingerprint density at radius 2 is 1.79 bits per heavy atom. The van der Waals surface area contributed by atoms with E-state index < -0.39 is 26.1 Å². The lowest BCUT2D eigenvalue weighted by Gasteiger charge is -2.16. The molecule has 2 N–H and O–H groups in total. The Morgan fingerprint density at radius 1 is 1.06 bits per heavy atom. The topological polar surface area (TPSA) is 132 Å². The Kier molecular flexibility index (Phi) is 7.54. The minimum Gasteiger partial charge on any atom is -0.424 e. The SMILES string of the molecule is CCn1c(Oc2cccc(NS(C)(=O)=O)c2)nnc1[C@@H](C)NS(=O)(=O)c1ccc(Cl)c(Cl)c1. The molecule has 10 nitrogen and oxygen atoms in total. The van der Waals surface area contributed by atoms with E-state index in [0.29, 0.717) is 23.8 Å². The van der Waals surface area contributed by atoms with Crippen LogP contribution >= 0.6 is 23.2 Å². The number of sulfonamides is 2. The second-order valence-corrected chi connectivity index (χ2v) is 11.3. The Balaban J connectivity index is 1.83. The highest BCUT2D eigenvalue weighted by molar-refractivity contribution is 7.92. The summed E-state index contributed by atoms with van der Waals surface area (Å²) in [5.74, 6) is 0.642. The Morgan fingerprint density at radius 3 is 2.42 bits per heavy atom. The van der Waals surface area contributed by atoms with E-state index in [2.05, 4.69) is 19.6 Å². The number of aromatic nitrogens is 3. The molecule has 0 aliphatic heterocycles. The molecule has 178 valence electrons. The number of halogens is 2. The smallest absolute Gasteiger partial charge is 0.322 e. The highest BCUT2D eigenvalue weighted by Gasteiger charge is 2.24. The van der Waals surface area contributed by atoms with Crippen molar-refractivity contribution in [2.45, 2.75) is 31.3 Å². The van der Waals surface area contributed by atoms with E-state index in [1.165, 1.54) is 24.3 Å². The molecule has 0 bridgehead atoms. The van der Waals surface area contributed by atoms with Crippen molar-refractivity contribution in [2.24, 2.45) is 0 Å². The fraction of sp³-hybridized carbons (Fsp3) is 0.263. The maximum absolute atomic E-state index is 12.8. The summed E-state index contributed by atoms with van der Waals surface area (Å²) in [6.45, 7) is 3.82. The first kappa shape index (κ1) is 25.2. The van der Waals surface area contributed by atoms with Gasteiger partial charge in [-0.1, -0.05) is 34.4 Å². The third kappa shape index (κ3) is 6.36. The van der Waals surface area contributed by atoms with Gasteiger partial charge < -0.3 is 4.74 Å². The quantitative estimate of drug-likeness (QED) is 0.427. The van der Waals surface area contributed by atoms with Gasteiger partial charge in [-0.05, 0) is 44.2 Å². The first-order chi connectivity index (χ1) is 15.4. The number of hydrogen-bond donors (Lipinski definition) is 2. The predicted octanol–water partition coefficient (Wildman–Crippen LogP) is 3.81. The van der Waals surface area contributed by atoms with E-state index in [4.69, 9.17) is 27.9 Å². The second-order valence-electron chi connectivity index (χ2n) is 7.01. The summed E-state index contributed by atoms with van der Waals surface area (Å²) in [6.07, 6.45) is 1.04. The van der Waals surface area contributed by atoms with Gasteiger partial charge in [-0.15, -0.1) is 5.10 Å². The van der Waals surface area contributed by atoms with Crippen LogP contribution in [0.25, 0.3) is 0 Å². The van der Waals surface area contributed by atoms with Crippen molar-refractivity contribution in [3.8, 4) is 11.8 Å². The minimum atomic E-state index is -3.92. The van der Waals surface area contributed by atoms with Crippen LogP contribution in [0.3, 0.4) is 0 Å². The van der Waals surface area contributed by atoms with E-state index in [9.17, 15) is 16.8 Å². The number of ether oxygens (including phenoxy) is 1. The molecule has 2 aromatic carbocycles. The van der Waals surface area contributed by atoms with Crippen LogP contribution in [0.15, 0.2) is 47.4 Å². The molecular weight excluding hydrogens is 513 g/mol. The zero-order valence-electron chi connectivity index (χ0n) is 17.8. The van der Waals surface area contributed by atoms with Crippen LogP contribution < -0.4 is 14.2 Å². The van der Waals surface area contributed by atoms with E-state index in [1.54, 1.807) is 29.7 Å². The van der Waals surface area contributed by atoms with Crippen LogP contribution in [0.2, 0.25) is 10.0 Å². The molecule has 0 aliphatic rings. The number of rotatable bonds is 9. The molecular formula is C19H21Cl2N5O5S2. The van der Waals surface area contributed by atoms with E-state index in [0.717, 1.165) is 6.26 Å². The lowest BCUT2D eigenvalue weighted by atomic mass is 10.3. The van der Waals surface area contributed by atoms with Gasteiger partial charge in [0.15, 0.2) is 5.82 Å². The summed E-state index contributed by atoms with van der Waals surface area (Å²) in [5, 5.41) is 8.45. The molecule has 0 saturated carbocycles.